The van der Waals surface area contributed by atoms with Crippen molar-refractivity contribution in [2.75, 3.05) is 6.54 Å². The fourth-order valence-corrected chi connectivity index (χ4v) is 3.15. The summed E-state index contributed by atoms with van der Waals surface area (Å²) >= 11 is 0. The molecule has 6 heteroatoms. The zero-order valence-electron chi connectivity index (χ0n) is 13.9. The van der Waals surface area contributed by atoms with E-state index in [0.717, 1.165) is 11.3 Å². The Balaban J connectivity index is 1.47. The van der Waals surface area contributed by atoms with Crippen molar-refractivity contribution in [1.29, 1.82) is 0 Å². The molecule has 0 radical (unpaired) electrons. The molecule has 0 N–H and O–H groups in total. The van der Waals surface area contributed by atoms with Crippen LogP contribution in [0.2, 0.25) is 0 Å². The van der Waals surface area contributed by atoms with Gasteiger partial charge in [-0.2, -0.15) is 0 Å². The van der Waals surface area contributed by atoms with Crippen molar-refractivity contribution in [1.82, 2.24) is 14.5 Å². The lowest BCUT2D eigenvalue weighted by Gasteiger charge is -2.14. The average molecular weight is 349 g/mol. The number of hydrogen-bond donors (Lipinski definition) is 0. The number of rotatable bonds is 5. The molecule has 1 aromatic heterocycles. The fourth-order valence-electron chi connectivity index (χ4n) is 3.15. The fraction of sp³-hybridized carbons (Fsp3) is 0.150. The smallest absolute Gasteiger partial charge is 0.261 e. The molecule has 1 aliphatic heterocycles. The van der Waals surface area contributed by atoms with Crippen LogP contribution >= 0.6 is 0 Å². The van der Waals surface area contributed by atoms with Crippen molar-refractivity contribution in [2.24, 2.45) is 0 Å². The van der Waals surface area contributed by atoms with E-state index in [1.54, 1.807) is 48.9 Å². The summed E-state index contributed by atoms with van der Waals surface area (Å²) in [6.07, 6.45) is 3.93. The first-order valence-corrected chi connectivity index (χ1v) is 8.32. The normalized spacial score (nSPS) is 13.3. The molecule has 0 saturated heterocycles. The lowest BCUT2D eigenvalue weighted by molar-refractivity contribution is 0.0655. The molecule has 4 rings (SSSR count). The van der Waals surface area contributed by atoms with E-state index in [0.29, 0.717) is 30.6 Å². The number of fused-ring (bicyclic) bond motifs is 1. The highest BCUT2D eigenvalue weighted by Gasteiger charge is 2.34. The zero-order chi connectivity index (χ0) is 18.1. The Morgan fingerprint density at radius 1 is 0.923 bits per heavy atom. The first kappa shape index (κ1) is 16.2. The molecule has 0 unspecified atom stereocenters. The summed E-state index contributed by atoms with van der Waals surface area (Å²) in [5, 5.41) is 0. The molecular formula is C20H16FN3O2. The first-order valence-electron chi connectivity index (χ1n) is 8.32. The lowest BCUT2D eigenvalue weighted by atomic mass is 10.1. The number of imide groups is 1. The van der Waals surface area contributed by atoms with Crippen molar-refractivity contribution in [3.8, 4) is 0 Å². The molecule has 3 aromatic rings. The van der Waals surface area contributed by atoms with E-state index in [-0.39, 0.29) is 17.6 Å². The second-order valence-electron chi connectivity index (χ2n) is 6.20. The molecule has 0 aliphatic carbocycles. The molecule has 0 bridgehead atoms. The van der Waals surface area contributed by atoms with Crippen molar-refractivity contribution in [3.63, 3.8) is 0 Å². The summed E-state index contributed by atoms with van der Waals surface area (Å²) in [6, 6.07) is 13.2. The molecule has 26 heavy (non-hydrogen) atoms. The molecule has 0 atom stereocenters. The van der Waals surface area contributed by atoms with E-state index >= 15 is 0 Å². The van der Waals surface area contributed by atoms with Crippen molar-refractivity contribution in [2.45, 2.75) is 13.0 Å². The van der Waals surface area contributed by atoms with Gasteiger partial charge in [0, 0.05) is 31.4 Å². The Kier molecular flexibility index (Phi) is 4.08. The monoisotopic (exact) mass is 349 g/mol. The maximum atomic E-state index is 13.0. The number of carbonyl (C=O) groups excluding carboxylic acids is 2. The van der Waals surface area contributed by atoms with Crippen LogP contribution < -0.4 is 0 Å². The minimum absolute atomic E-state index is 0.254. The van der Waals surface area contributed by atoms with Gasteiger partial charge in [-0.15, -0.1) is 0 Å². The third-order valence-corrected chi connectivity index (χ3v) is 4.53. The van der Waals surface area contributed by atoms with Gasteiger partial charge in [-0.25, -0.2) is 9.37 Å². The molecule has 0 spiro atoms. The van der Waals surface area contributed by atoms with Gasteiger partial charge in [0.2, 0.25) is 0 Å². The van der Waals surface area contributed by atoms with Gasteiger partial charge in [0.05, 0.1) is 17.5 Å². The highest BCUT2D eigenvalue weighted by molar-refractivity contribution is 6.21. The summed E-state index contributed by atoms with van der Waals surface area (Å²) in [4.78, 5) is 30.3. The second-order valence-corrected chi connectivity index (χ2v) is 6.20. The number of halogens is 1. The molecular weight excluding hydrogens is 333 g/mol. The highest BCUT2D eigenvalue weighted by Crippen LogP contribution is 2.22. The van der Waals surface area contributed by atoms with Gasteiger partial charge in [0.15, 0.2) is 0 Å². The van der Waals surface area contributed by atoms with Crippen LogP contribution in [0.4, 0.5) is 4.39 Å². The molecule has 2 amide bonds. The van der Waals surface area contributed by atoms with Crippen LogP contribution in [-0.4, -0.2) is 32.8 Å². The third-order valence-electron chi connectivity index (χ3n) is 4.53. The first-order chi connectivity index (χ1) is 12.6. The minimum atomic E-state index is -0.273. The Morgan fingerprint density at radius 2 is 1.58 bits per heavy atom. The maximum absolute atomic E-state index is 13.0. The molecule has 1 aliphatic rings. The van der Waals surface area contributed by atoms with Crippen LogP contribution in [0.15, 0.2) is 61.1 Å². The van der Waals surface area contributed by atoms with Crippen LogP contribution in [0.5, 0.6) is 0 Å². The summed E-state index contributed by atoms with van der Waals surface area (Å²) in [7, 11) is 0. The largest absolute Gasteiger partial charge is 0.330 e. The summed E-state index contributed by atoms with van der Waals surface area (Å²) in [6.45, 7) is 0.846. The van der Waals surface area contributed by atoms with E-state index in [1.165, 1.54) is 17.0 Å². The number of amides is 2. The Labute approximate surface area is 149 Å². The standard InChI is InChI=1S/C20H16FN3O2/c21-15-7-5-14(6-8-15)12-23-13-22-11-16(23)9-10-24-19(25)17-3-1-2-4-18(17)20(24)26/h1-8,11,13H,9-10,12H2. The van der Waals surface area contributed by atoms with Gasteiger partial charge in [-0.1, -0.05) is 24.3 Å². The molecule has 130 valence electrons. The van der Waals surface area contributed by atoms with Crippen LogP contribution in [-0.2, 0) is 13.0 Å². The number of hydrogen-bond acceptors (Lipinski definition) is 3. The minimum Gasteiger partial charge on any atom is -0.330 e. The number of nitrogens with zero attached hydrogens (tertiary/aromatic N) is 3. The zero-order valence-corrected chi connectivity index (χ0v) is 13.9. The van der Waals surface area contributed by atoms with Gasteiger partial charge >= 0.3 is 0 Å². The van der Waals surface area contributed by atoms with Crippen LogP contribution in [0.3, 0.4) is 0 Å². The number of carbonyl (C=O) groups is 2. The average Bonchev–Trinajstić information content (AvgIpc) is 3.19. The molecule has 0 saturated carbocycles. The molecule has 5 nitrogen and oxygen atoms in total. The summed E-state index contributed by atoms with van der Waals surface area (Å²) in [5.41, 5.74) is 2.77. The Bertz CT molecular complexity index is 944. The highest BCUT2D eigenvalue weighted by atomic mass is 19.1. The van der Waals surface area contributed by atoms with E-state index in [4.69, 9.17) is 0 Å². The van der Waals surface area contributed by atoms with Gasteiger partial charge in [-0.3, -0.25) is 14.5 Å². The Morgan fingerprint density at radius 3 is 2.23 bits per heavy atom. The maximum Gasteiger partial charge on any atom is 0.261 e. The predicted molar refractivity (Wildman–Crippen MR) is 93.2 cm³/mol. The van der Waals surface area contributed by atoms with Gasteiger partial charge in [-0.05, 0) is 29.8 Å². The van der Waals surface area contributed by atoms with Crippen LogP contribution in [0, 0.1) is 5.82 Å². The number of aromatic nitrogens is 2. The number of imidazole rings is 1. The molecule has 2 aromatic carbocycles. The topological polar surface area (TPSA) is 55.2 Å². The second kappa shape index (κ2) is 6.55. The summed E-state index contributed by atoms with van der Waals surface area (Å²) < 4.78 is 15.0. The van der Waals surface area contributed by atoms with Gasteiger partial charge in [0.25, 0.3) is 11.8 Å². The summed E-state index contributed by atoms with van der Waals surface area (Å²) in [5.74, 6) is -0.782. The molecule has 2 heterocycles. The quantitative estimate of drug-likeness (QED) is 0.666. The van der Waals surface area contributed by atoms with E-state index in [1.807, 2.05) is 4.57 Å². The van der Waals surface area contributed by atoms with Crippen molar-refractivity contribution < 1.29 is 14.0 Å². The third kappa shape index (κ3) is 2.90. The van der Waals surface area contributed by atoms with Crippen LogP contribution in [0.1, 0.15) is 32.0 Å². The molecule has 0 fully saturated rings. The van der Waals surface area contributed by atoms with Crippen LogP contribution in [0.25, 0.3) is 0 Å². The van der Waals surface area contributed by atoms with E-state index in [9.17, 15) is 14.0 Å². The van der Waals surface area contributed by atoms with E-state index < -0.39 is 0 Å². The van der Waals surface area contributed by atoms with Gasteiger partial charge in [0.1, 0.15) is 5.82 Å². The predicted octanol–water partition coefficient (Wildman–Crippen LogP) is 2.91. The SMILES string of the molecule is O=C1c2ccccc2C(=O)N1CCc1cncn1Cc1ccc(F)cc1. The Hall–Kier alpha value is -3.28. The van der Waals surface area contributed by atoms with Crippen molar-refractivity contribution >= 4 is 11.8 Å². The van der Waals surface area contributed by atoms with Gasteiger partial charge < -0.3 is 4.57 Å². The van der Waals surface area contributed by atoms with Crippen molar-refractivity contribution in [3.05, 3.63) is 89.3 Å². The lowest BCUT2D eigenvalue weighted by Crippen LogP contribution is -2.32. The number of benzene rings is 2. The van der Waals surface area contributed by atoms with E-state index in [2.05, 4.69) is 4.98 Å².